The molecule has 11 heteroatoms. The quantitative estimate of drug-likeness (QED) is 0.465. The maximum atomic E-state index is 12.5. The Morgan fingerprint density at radius 3 is 2.19 bits per heavy atom. The van der Waals surface area contributed by atoms with E-state index >= 15 is 0 Å². The first-order valence-electron chi connectivity index (χ1n) is 9.47. The van der Waals surface area contributed by atoms with Gasteiger partial charge in [-0.05, 0) is 31.5 Å². The van der Waals surface area contributed by atoms with E-state index in [1.165, 1.54) is 29.6 Å². The average molecular weight is 496 g/mol. The van der Waals surface area contributed by atoms with Crippen LogP contribution in [-0.4, -0.2) is 33.1 Å². The highest BCUT2D eigenvalue weighted by molar-refractivity contribution is 6.29. The highest BCUT2D eigenvalue weighted by Gasteiger charge is 2.30. The molecule has 1 amide bonds. The first-order valence-corrected chi connectivity index (χ1v) is 10.3. The van der Waals surface area contributed by atoms with E-state index in [2.05, 4.69) is 10.1 Å². The number of rotatable bonds is 5. The van der Waals surface area contributed by atoms with Crippen LogP contribution in [-0.2, 0) is 19.1 Å². The third kappa shape index (κ3) is 10.7. The number of carbonyl (C=O) groups excluding carboxylic acids is 1. The van der Waals surface area contributed by atoms with Gasteiger partial charge in [0.15, 0.2) is 0 Å². The minimum absolute atomic E-state index is 0.114. The number of aliphatic hydroxyl groups is 1. The summed E-state index contributed by atoms with van der Waals surface area (Å²) in [5.74, 6) is -0.197. The molecule has 1 heterocycles. The zero-order valence-corrected chi connectivity index (χ0v) is 19.9. The lowest BCUT2D eigenvalue weighted by Crippen LogP contribution is -2.27. The van der Waals surface area contributed by atoms with Crippen LogP contribution in [0.1, 0.15) is 55.3 Å². The Morgan fingerprint density at radius 1 is 1.22 bits per heavy atom. The van der Waals surface area contributed by atoms with E-state index in [0.717, 1.165) is 12.1 Å². The van der Waals surface area contributed by atoms with Crippen LogP contribution in [0.25, 0.3) is 0 Å². The molecule has 0 aliphatic heterocycles. The number of hydrogen-bond acceptors (Lipinski definition) is 5. The van der Waals surface area contributed by atoms with Gasteiger partial charge in [0, 0.05) is 25.5 Å². The molecule has 1 N–H and O–H groups in total. The molecule has 178 valence electrons. The van der Waals surface area contributed by atoms with Gasteiger partial charge in [-0.1, -0.05) is 60.4 Å². The summed E-state index contributed by atoms with van der Waals surface area (Å²) in [6.45, 7) is 7.29. The molecule has 0 bridgehead atoms. The summed E-state index contributed by atoms with van der Waals surface area (Å²) in [4.78, 5) is 17.4. The fourth-order valence-corrected chi connectivity index (χ4v) is 1.97. The van der Waals surface area contributed by atoms with Crippen molar-refractivity contribution in [1.82, 2.24) is 15.0 Å². The van der Waals surface area contributed by atoms with Crippen molar-refractivity contribution in [2.75, 3.05) is 7.05 Å². The molecule has 1 aromatic heterocycles. The lowest BCUT2D eigenvalue weighted by molar-refractivity contribution is -0.137. The maximum Gasteiger partial charge on any atom is 0.416 e. The van der Waals surface area contributed by atoms with Crippen LogP contribution in [0.4, 0.5) is 13.2 Å². The minimum Gasteiger partial charge on any atom is -0.511 e. The lowest BCUT2D eigenvalue weighted by atomic mass is 10.1. The standard InChI is InChI=1S/C15H13ClF3N3O2.C4H7ClO.C2H6/c1-22(9-10-4-6-11(7-5-10)15(17,18)19)14(23)13-20-12(24-21-13)3-2-8-16;1-3(5)4(2)6;1-2/h2,4-8H,3,9H2,1H3;6H,1-2H3;1-2H3/b8-2+;4-3-;. The summed E-state index contributed by atoms with van der Waals surface area (Å²) in [5.41, 5.74) is 1.10. The van der Waals surface area contributed by atoms with Gasteiger partial charge in [-0.3, -0.25) is 4.79 Å². The van der Waals surface area contributed by atoms with Crippen LogP contribution in [0.3, 0.4) is 0 Å². The van der Waals surface area contributed by atoms with Gasteiger partial charge in [0.1, 0.15) is 5.76 Å². The molecule has 0 aliphatic carbocycles. The van der Waals surface area contributed by atoms with Gasteiger partial charge < -0.3 is 14.5 Å². The average Bonchev–Trinajstić information content (AvgIpc) is 3.22. The molecule has 0 saturated carbocycles. The number of alkyl halides is 3. The predicted molar refractivity (Wildman–Crippen MR) is 118 cm³/mol. The smallest absolute Gasteiger partial charge is 0.416 e. The zero-order chi connectivity index (χ0) is 24.9. The molecular weight excluding hydrogens is 470 g/mol. The van der Waals surface area contributed by atoms with Crippen molar-refractivity contribution in [3.8, 4) is 0 Å². The fraction of sp³-hybridized carbons (Fsp3) is 0.381. The molecule has 2 rings (SSSR count). The number of amides is 1. The Hall–Kier alpha value is -2.52. The first-order chi connectivity index (χ1) is 15.0. The Morgan fingerprint density at radius 2 is 1.75 bits per heavy atom. The van der Waals surface area contributed by atoms with Gasteiger partial charge in [-0.2, -0.15) is 18.2 Å². The van der Waals surface area contributed by atoms with Crippen molar-refractivity contribution in [3.05, 3.63) is 69.5 Å². The SMILES string of the molecule is C/C(O)=C(\C)Cl.CC.CN(Cc1ccc(C(F)(F)F)cc1)C(=O)c1noc(C/C=C/Cl)n1. The summed E-state index contributed by atoms with van der Waals surface area (Å²) in [6, 6.07) is 4.58. The van der Waals surface area contributed by atoms with Crippen molar-refractivity contribution in [2.24, 2.45) is 0 Å². The first kappa shape index (κ1) is 29.5. The van der Waals surface area contributed by atoms with E-state index in [-0.39, 0.29) is 24.0 Å². The zero-order valence-electron chi connectivity index (χ0n) is 18.4. The molecule has 0 radical (unpaired) electrons. The second-order valence-corrected chi connectivity index (χ2v) is 6.87. The Kier molecular flexibility index (Phi) is 13.4. The van der Waals surface area contributed by atoms with E-state index in [9.17, 15) is 18.0 Å². The van der Waals surface area contributed by atoms with Gasteiger partial charge in [0.05, 0.1) is 10.6 Å². The number of benzene rings is 1. The van der Waals surface area contributed by atoms with Gasteiger partial charge in [0.2, 0.25) is 5.89 Å². The Balaban J connectivity index is 0.00000104. The highest BCUT2D eigenvalue weighted by Crippen LogP contribution is 2.29. The van der Waals surface area contributed by atoms with Crippen molar-refractivity contribution < 1.29 is 27.6 Å². The van der Waals surface area contributed by atoms with E-state index in [0.29, 0.717) is 17.0 Å². The second kappa shape index (κ2) is 14.5. The molecule has 1 aromatic carbocycles. The van der Waals surface area contributed by atoms with Crippen LogP contribution >= 0.6 is 23.2 Å². The van der Waals surface area contributed by atoms with Crippen molar-refractivity contribution in [1.29, 1.82) is 0 Å². The third-order valence-corrected chi connectivity index (χ3v) is 4.04. The van der Waals surface area contributed by atoms with E-state index < -0.39 is 17.6 Å². The van der Waals surface area contributed by atoms with Crippen LogP contribution in [0.5, 0.6) is 0 Å². The van der Waals surface area contributed by atoms with Gasteiger partial charge in [-0.15, -0.1) is 0 Å². The van der Waals surface area contributed by atoms with E-state index in [1.54, 1.807) is 19.9 Å². The molecule has 6 nitrogen and oxygen atoms in total. The van der Waals surface area contributed by atoms with Crippen molar-refractivity contribution in [2.45, 2.75) is 46.8 Å². The molecule has 2 aromatic rings. The van der Waals surface area contributed by atoms with Crippen molar-refractivity contribution >= 4 is 29.1 Å². The molecule has 0 atom stereocenters. The molecule has 0 unspecified atom stereocenters. The number of aromatic nitrogens is 2. The van der Waals surface area contributed by atoms with Crippen LogP contribution in [0, 0.1) is 0 Å². The normalized spacial score (nSPS) is 11.7. The summed E-state index contributed by atoms with van der Waals surface area (Å²) in [5, 5.41) is 12.4. The largest absolute Gasteiger partial charge is 0.511 e. The fourth-order valence-electron chi connectivity index (χ4n) is 1.89. The van der Waals surface area contributed by atoms with Gasteiger partial charge in [0.25, 0.3) is 11.7 Å². The topological polar surface area (TPSA) is 79.5 Å². The third-order valence-electron chi connectivity index (χ3n) is 3.59. The summed E-state index contributed by atoms with van der Waals surface area (Å²) in [6.07, 6.45) is -2.51. The summed E-state index contributed by atoms with van der Waals surface area (Å²) >= 11 is 10.6. The number of nitrogens with zero attached hydrogens (tertiary/aromatic N) is 3. The highest BCUT2D eigenvalue weighted by atomic mass is 35.5. The monoisotopic (exact) mass is 495 g/mol. The Labute approximate surface area is 195 Å². The number of halogens is 5. The van der Waals surface area contributed by atoms with Crippen LogP contribution in [0.2, 0.25) is 0 Å². The van der Waals surface area contributed by atoms with Crippen LogP contribution in [0.15, 0.2) is 51.2 Å². The predicted octanol–water partition coefficient (Wildman–Crippen LogP) is 6.72. The molecule has 0 spiro atoms. The summed E-state index contributed by atoms with van der Waals surface area (Å²) in [7, 11) is 1.49. The number of aliphatic hydroxyl groups excluding tert-OH is 1. The molecule has 0 saturated heterocycles. The minimum atomic E-state index is -4.39. The second-order valence-electron chi connectivity index (χ2n) is 6.05. The van der Waals surface area contributed by atoms with Gasteiger partial charge in [-0.25, -0.2) is 0 Å². The Bertz CT molecular complexity index is 878. The molecule has 0 aliphatic rings. The van der Waals surface area contributed by atoms with Gasteiger partial charge >= 0.3 is 6.18 Å². The summed E-state index contributed by atoms with van der Waals surface area (Å²) < 4.78 is 42.5. The number of allylic oxidation sites excluding steroid dienone is 3. The lowest BCUT2D eigenvalue weighted by Gasteiger charge is -2.15. The molecule has 0 fully saturated rings. The number of hydrogen-bond donors (Lipinski definition) is 1. The molecular formula is C21H26Cl2F3N3O3. The number of carbonyl (C=O) groups is 1. The van der Waals surface area contributed by atoms with Crippen molar-refractivity contribution in [3.63, 3.8) is 0 Å². The van der Waals surface area contributed by atoms with E-state index in [4.69, 9.17) is 32.8 Å². The van der Waals surface area contributed by atoms with E-state index in [1.807, 2.05) is 13.8 Å². The van der Waals surface area contributed by atoms with Crippen LogP contribution < -0.4 is 0 Å². The molecule has 32 heavy (non-hydrogen) atoms. The maximum absolute atomic E-state index is 12.5.